The topological polar surface area (TPSA) is 102 Å². The number of rotatable bonds is 3. The molecule has 38 heavy (non-hydrogen) atoms. The van der Waals surface area contributed by atoms with E-state index in [1.807, 2.05) is 27.7 Å². The van der Waals surface area contributed by atoms with Crippen molar-refractivity contribution in [2.45, 2.75) is 108 Å². The minimum absolute atomic E-state index is 0.0795. The predicted molar refractivity (Wildman–Crippen MR) is 140 cm³/mol. The van der Waals surface area contributed by atoms with Crippen molar-refractivity contribution in [2.75, 3.05) is 6.61 Å². The van der Waals surface area contributed by atoms with Crippen molar-refractivity contribution in [3.05, 3.63) is 23.3 Å². The van der Waals surface area contributed by atoms with E-state index in [0.29, 0.717) is 31.4 Å². The highest BCUT2D eigenvalue weighted by molar-refractivity contribution is 6.22. The van der Waals surface area contributed by atoms with Gasteiger partial charge in [-0.25, -0.2) is 4.79 Å². The number of aliphatic hydroxyl groups is 2. The maximum atomic E-state index is 13.5. The molecular formula is C30H41ClO7. The quantitative estimate of drug-likeness (QED) is 0.405. The van der Waals surface area contributed by atoms with Gasteiger partial charge in [0.1, 0.15) is 23.4 Å². The van der Waals surface area contributed by atoms with Crippen LogP contribution in [-0.4, -0.2) is 63.6 Å². The summed E-state index contributed by atoms with van der Waals surface area (Å²) in [7, 11) is 0. The van der Waals surface area contributed by atoms with Gasteiger partial charge >= 0.3 is 5.97 Å². The summed E-state index contributed by atoms with van der Waals surface area (Å²) in [6, 6.07) is 0. The number of aliphatic hydroxyl groups excluding tert-OH is 1. The molecule has 1 saturated heterocycles. The first kappa shape index (κ1) is 26.9. The van der Waals surface area contributed by atoms with Crippen LogP contribution in [0.3, 0.4) is 0 Å². The zero-order valence-corrected chi connectivity index (χ0v) is 23.8. The monoisotopic (exact) mass is 548 g/mol. The van der Waals surface area contributed by atoms with E-state index in [1.165, 1.54) is 12.2 Å². The number of carbonyl (C=O) groups excluding carboxylic acids is 2. The number of esters is 1. The van der Waals surface area contributed by atoms with Crippen LogP contribution < -0.4 is 0 Å². The lowest BCUT2D eigenvalue weighted by Crippen LogP contribution is -2.72. The molecule has 4 fully saturated rings. The van der Waals surface area contributed by atoms with Crippen molar-refractivity contribution >= 4 is 23.4 Å². The van der Waals surface area contributed by atoms with Gasteiger partial charge in [0, 0.05) is 29.9 Å². The fourth-order valence-electron chi connectivity index (χ4n) is 10.00. The van der Waals surface area contributed by atoms with Crippen LogP contribution in [0.15, 0.2) is 23.3 Å². The van der Waals surface area contributed by atoms with Crippen LogP contribution in [0.25, 0.3) is 0 Å². The summed E-state index contributed by atoms with van der Waals surface area (Å²) in [5.74, 6) is -0.161. The van der Waals surface area contributed by atoms with Gasteiger partial charge in [-0.1, -0.05) is 5.57 Å². The summed E-state index contributed by atoms with van der Waals surface area (Å²) in [6.45, 7) is 10.2. The molecule has 210 valence electrons. The molecule has 0 bridgehead atoms. The highest BCUT2D eigenvalue weighted by Gasteiger charge is 2.76. The second kappa shape index (κ2) is 8.62. The zero-order valence-electron chi connectivity index (χ0n) is 23.0. The highest BCUT2D eigenvalue weighted by Crippen LogP contribution is 2.73. The second-order valence-corrected chi connectivity index (χ2v) is 13.7. The largest absolute Gasteiger partial charge is 0.456 e. The van der Waals surface area contributed by atoms with Gasteiger partial charge in [0.2, 0.25) is 0 Å². The Morgan fingerprint density at radius 3 is 2.58 bits per heavy atom. The molecule has 12 atom stereocenters. The van der Waals surface area contributed by atoms with E-state index in [0.717, 1.165) is 24.8 Å². The summed E-state index contributed by atoms with van der Waals surface area (Å²) in [5, 5.41) is 21.9. The summed E-state index contributed by atoms with van der Waals surface area (Å²) < 4.78 is 19.2. The number of cyclic esters (lactones) is 1. The van der Waals surface area contributed by atoms with Crippen LogP contribution in [-0.2, 0) is 23.8 Å². The molecule has 2 aliphatic heterocycles. The Labute approximate surface area is 229 Å². The maximum Gasteiger partial charge on any atom is 0.334 e. The van der Waals surface area contributed by atoms with Crippen LogP contribution in [0.5, 0.6) is 0 Å². The van der Waals surface area contributed by atoms with Gasteiger partial charge in [0.25, 0.3) is 0 Å². The second-order valence-electron chi connectivity index (χ2n) is 13.1. The van der Waals surface area contributed by atoms with Crippen LogP contribution in [0.4, 0.5) is 0 Å². The highest BCUT2D eigenvalue weighted by atomic mass is 35.5. The third-order valence-electron chi connectivity index (χ3n) is 12.1. The molecule has 0 aromatic heterocycles. The normalized spacial score (nSPS) is 53.8. The van der Waals surface area contributed by atoms with Gasteiger partial charge in [-0.2, -0.15) is 0 Å². The molecule has 0 aromatic rings. The van der Waals surface area contributed by atoms with Gasteiger partial charge in [-0.15, -0.1) is 11.6 Å². The summed E-state index contributed by atoms with van der Waals surface area (Å²) in [6.07, 6.45) is 5.30. The molecule has 0 aromatic carbocycles. The Morgan fingerprint density at radius 1 is 1.16 bits per heavy atom. The molecule has 6 rings (SSSR count). The zero-order chi connectivity index (χ0) is 27.4. The Balaban J connectivity index is 1.40. The predicted octanol–water partition coefficient (Wildman–Crippen LogP) is 4.08. The van der Waals surface area contributed by atoms with E-state index in [-0.39, 0.29) is 40.8 Å². The number of fused-ring (bicyclic) bond motifs is 4. The van der Waals surface area contributed by atoms with Crippen molar-refractivity contribution in [3.8, 4) is 0 Å². The molecule has 2 heterocycles. The molecular weight excluding hydrogens is 508 g/mol. The van der Waals surface area contributed by atoms with E-state index in [1.54, 1.807) is 0 Å². The van der Waals surface area contributed by atoms with Crippen molar-refractivity contribution in [2.24, 2.45) is 34.5 Å². The Kier molecular flexibility index (Phi) is 6.12. The van der Waals surface area contributed by atoms with Gasteiger partial charge in [-0.05, 0) is 96.6 Å². The average Bonchev–Trinajstić information content (AvgIpc) is 3.38. The van der Waals surface area contributed by atoms with Crippen LogP contribution in [0.1, 0.15) is 73.1 Å². The molecule has 8 heteroatoms. The summed E-state index contributed by atoms with van der Waals surface area (Å²) in [4.78, 5) is 26.2. The van der Waals surface area contributed by atoms with Crippen molar-refractivity contribution in [1.82, 2.24) is 0 Å². The first-order valence-electron chi connectivity index (χ1n) is 14.3. The first-order valence-corrected chi connectivity index (χ1v) is 14.7. The molecule has 1 unspecified atom stereocenters. The number of ether oxygens (including phenoxy) is 3. The van der Waals surface area contributed by atoms with Crippen LogP contribution >= 0.6 is 11.6 Å². The number of ketones is 1. The number of hydrogen-bond acceptors (Lipinski definition) is 7. The molecule has 0 radical (unpaired) electrons. The maximum absolute atomic E-state index is 13.5. The van der Waals surface area contributed by atoms with Gasteiger partial charge in [0.15, 0.2) is 12.1 Å². The number of hydrogen-bond donors (Lipinski definition) is 2. The Bertz CT molecular complexity index is 1120. The van der Waals surface area contributed by atoms with E-state index in [4.69, 9.17) is 25.8 Å². The summed E-state index contributed by atoms with van der Waals surface area (Å²) >= 11 is 6.93. The number of alkyl halides is 1. The third kappa shape index (κ3) is 3.06. The molecule has 3 saturated carbocycles. The van der Waals surface area contributed by atoms with Gasteiger partial charge < -0.3 is 24.4 Å². The van der Waals surface area contributed by atoms with Gasteiger partial charge in [-0.3, -0.25) is 4.79 Å². The van der Waals surface area contributed by atoms with Crippen molar-refractivity contribution < 1.29 is 34.0 Å². The smallest absolute Gasteiger partial charge is 0.334 e. The lowest BCUT2D eigenvalue weighted by Gasteiger charge is -2.63. The molecule has 1 spiro atoms. The van der Waals surface area contributed by atoms with E-state index >= 15 is 0 Å². The van der Waals surface area contributed by atoms with Gasteiger partial charge in [0.05, 0.1) is 10.8 Å². The Morgan fingerprint density at radius 2 is 1.89 bits per heavy atom. The summed E-state index contributed by atoms with van der Waals surface area (Å²) in [5.41, 5.74) is -2.15. The third-order valence-corrected chi connectivity index (χ3v) is 12.6. The molecule has 2 N–H and O–H groups in total. The Hall–Kier alpha value is -1.25. The van der Waals surface area contributed by atoms with Crippen LogP contribution in [0.2, 0.25) is 0 Å². The van der Waals surface area contributed by atoms with Crippen molar-refractivity contribution in [1.29, 1.82) is 0 Å². The molecule has 4 aliphatic carbocycles. The molecule has 0 amide bonds. The first-order chi connectivity index (χ1) is 17.9. The standard InChI is InChI=1S/C30H41ClO7/c1-6-36-26-29-12-11-18-17(14-21(31)30(35)23(33)10-9-22(32)27(18,30)4)19(29)7-8-20(29)28(5,38-26)24-13-15(2)16(3)25(34)37-24/h9-10,17-21,23-24,26,33,35H,6-8,11-14H2,1-5H3/t17-,18+,19+,20-,21+,23+,24-,26+,27+,28-,29-,30?/m1/s1. The number of halogens is 1. The number of carbonyl (C=O) groups is 2. The minimum atomic E-state index is -1.71. The number of allylic oxidation sites excluding steroid dienone is 1. The fourth-order valence-corrected chi connectivity index (χ4v) is 10.6. The van der Waals surface area contributed by atoms with E-state index in [2.05, 4.69) is 6.92 Å². The lowest BCUT2D eigenvalue weighted by molar-refractivity contribution is -0.248. The van der Waals surface area contributed by atoms with E-state index < -0.39 is 40.5 Å². The van der Waals surface area contributed by atoms with Crippen LogP contribution in [0, 0.1) is 34.5 Å². The minimum Gasteiger partial charge on any atom is -0.456 e. The van der Waals surface area contributed by atoms with E-state index in [9.17, 15) is 19.8 Å². The molecule has 6 aliphatic rings. The van der Waals surface area contributed by atoms with Crippen molar-refractivity contribution in [3.63, 3.8) is 0 Å². The lowest BCUT2D eigenvalue weighted by atomic mass is 9.42. The fraction of sp³-hybridized carbons (Fsp3) is 0.800. The average molecular weight is 549 g/mol. The molecule has 7 nitrogen and oxygen atoms in total. The SMILES string of the molecule is CCO[C@H]1O[C@@](C)([C@H]2CC(C)=C(C)C(=O)O2)[C@H]2CC[C@H]3[C@@H]4C[C@H](Cl)C5(O)[C@@H](O)C=CC(=O)[C@]5(C)[C@H]4CC[C@]123.